The van der Waals surface area contributed by atoms with Crippen LogP contribution in [0.3, 0.4) is 0 Å². The van der Waals surface area contributed by atoms with Crippen LogP contribution in [-0.4, -0.2) is 18.8 Å². The second-order valence-electron chi connectivity index (χ2n) is 7.14. The molecule has 2 aromatic carbocycles. The first kappa shape index (κ1) is 18.3. The number of halogens is 2. The van der Waals surface area contributed by atoms with Gasteiger partial charge in [-0.05, 0) is 41.7 Å². The Bertz CT molecular complexity index is 982. The highest BCUT2D eigenvalue weighted by molar-refractivity contribution is 6.02. The fourth-order valence-corrected chi connectivity index (χ4v) is 4.13. The molecule has 0 fully saturated rings. The molecule has 4 rings (SSSR count). The van der Waals surface area contributed by atoms with Crippen LogP contribution in [0, 0.1) is 11.6 Å². The summed E-state index contributed by atoms with van der Waals surface area (Å²) in [7, 11) is 1.58. The first-order valence-electron chi connectivity index (χ1n) is 9.12. The molecule has 1 amide bonds. The van der Waals surface area contributed by atoms with Gasteiger partial charge in [0.05, 0.1) is 7.11 Å². The number of benzene rings is 2. The summed E-state index contributed by atoms with van der Waals surface area (Å²) in [5.41, 5.74) is 1.93. The molecule has 0 aromatic heterocycles. The zero-order valence-electron chi connectivity index (χ0n) is 15.3. The van der Waals surface area contributed by atoms with Crippen molar-refractivity contribution >= 4 is 11.7 Å². The van der Waals surface area contributed by atoms with Gasteiger partial charge in [-0.1, -0.05) is 24.3 Å². The maximum absolute atomic E-state index is 14.4. The molecule has 0 radical (unpaired) electrons. The largest absolute Gasteiger partial charge is 0.497 e. The Balaban J connectivity index is 1.71. The molecule has 1 aliphatic carbocycles. The zero-order valence-corrected chi connectivity index (χ0v) is 15.3. The Kier molecular flexibility index (Phi) is 4.71. The molecule has 2 aliphatic rings. The third-order valence-electron chi connectivity index (χ3n) is 5.48. The Labute approximate surface area is 161 Å². The number of carbonyl (C=O) groups excluding carboxylic acids is 2. The summed E-state index contributed by atoms with van der Waals surface area (Å²) in [6.07, 6.45) is 0.652. The van der Waals surface area contributed by atoms with Crippen LogP contribution in [0.2, 0.25) is 0 Å². The summed E-state index contributed by atoms with van der Waals surface area (Å²) in [5, 5.41) is 2.78. The Morgan fingerprint density at radius 1 is 1.00 bits per heavy atom. The molecule has 1 N–H and O–H groups in total. The molecule has 0 saturated heterocycles. The van der Waals surface area contributed by atoms with Crippen LogP contribution in [0.25, 0.3) is 0 Å². The Morgan fingerprint density at radius 2 is 1.75 bits per heavy atom. The maximum atomic E-state index is 14.4. The third kappa shape index (κ3) is 3.19. The molecular formula is C22H19F2NO3. The normalized spacial score (nSPS) is 22.0. The van der Waals surface area contributed by atoms with Gasteiger partial charge in [-0.25, -0.2) is 8.78 Å². The molecule has 0 spiro atoms. The third-order valence-corrected chi connectivity index (χ3v) is 5.48. The summed E-state index contributed by atoms with van der Waals surface area (Å²) in [6, 6.07) is 11.3. The van der Waals surface area contributed by atoms with Crippen molar-refractivity contribution in [2.45, 2.75) is 31.1 Å². The van der Waals surface area contributed by atoms with Gasteiger partial charge in [-0.2, -0.15) is 0 Å². The lowest BCUT2D eigenvalue weighted by molar-refractivity contribution is -0.122. The zero-order chi connectivity index (χ0) is 19.8. The van der Waals surface area contributed by atoms with Crippen molar-refractivity contribution in [2.24, 2.45) is 0 Å². The molecule has 4 nitrogen and oxygen atoms in total. The van der Waals surface area contributed by atoms with E-state index in [0.717, 1.165) is 17.4 Å². The quantitative estimate of drug-likeness (QED) is 0.872. The van der Waals surface area contributed by atoms with E-state index in [-0.39, 0.29) is 36.0 Å². The van der Waals surface area contributed by atoms with Gasteiger partial charge in [-0.15, -0.1) is 0 Å². The number of rotatable bonds is 3. The van der Waals surface area contributed by atoms with Gasteiger partial charge in [0.15, 0.2) is 17.4 Å². The molecule has 0 saturated carbocycles. The van der Waals surface area contributed by atoms with Crippen molar-refractivity contribution in [2.75, 3.05) is 7.11 Å². The Morgan fingerprint density at radius 3 is 2.46 bits per heavy atom. The molecule has 1 heterocycles. The molecule has 2 aromatic rings. The van der Waals surface area contributed by atoms with Gasteiger partial charge in [0.1, 0.15) is 5.75 Å². The predicted octanol–water partition coefficient (Wildman–Crippen LogP) is 3.98. The van der Waals surface area contributed by atoms with Crippen molar-refractivity contribution in [3.8, 4) is 5.75 Å². The number of hydrogen-bond donors (Lipinski definition) is 1. The molecule has 6 heteroatoms. The second kappa shape index (κ2) is 7.19. The topological polar surface area (TPSA) is 55.4 Å². The van der Waals surface area contributed by atoms with E-state index in [0.29, 0.717) is 17.7 Å². The minimum atomic E-state index is -1.00. The van der Waals surface area contributed by atoms with E-state index in [1.807, 2.05) is 24.3 Å². The fraction of sp³-hybridized carbons (Fsp3) is 0.273. The van der Waals surface area contributed by atoms with Crippen LogP contribution in [-0.2, 0) is 9.59 Å². The van der Waals surface area contributed by atoms with Gasteiger partial charge in [-0.3, -0.25) is 9.59 Å². The number of nitrogens with one attached hydrogen (secondary N) is 1. The lowest BCUT2D eigenvalue weighted by atomic mass is 9.73. The van der Waals surface area contributed by atoms with Crippen molar-refractivity contribution < 1.29 is 23.1 Å². The minimum Gasteiger partial charge on any atom is -0.497 e. The van der Waals surface area contributed by atoms with E-state index in [1.165, 1.54) is 12.1 Å². The maximum Gasteiger partial charge on any atom is 0.225 e. The van der Waals surface area contributed by atoms with Crippen LogP contribution in [0.15, 0.2) is 53.7 Å². The summed E-state index contributed by atoms with van der Waals surface area (Å²) < 4.78 is 33.2. The van der Waals surface area contributed by atoms with Crippen LogP contribution >= 0.6 is 0 Å². The molecule has 144 valence electrons. The van der Waals surface area contributed by atoms with Crippen molar-refractivity contribution in [1.29, 1.82) is 0 Å². The SMILES string of the molecule is COc1ccc([C@@H]2CC(=O)C3=C(C2)NC(=O)C[C@H]3c2cccc(F)c2F)cc1. The number of carbonyl (C=O) groups is 2. The number of allylic oxidation sites excluding steroid dienone is 2. The van der Waals surface area contributed by atoms with Gasteiger partial charge < -0.3 is 10.1 Å². The monoisotopic (exact) mass is 383 g/mol. The minimum absolute atomic E-state index is 0.0543. The van der Waals surface area contributed by atoms with Crippen LogP contribution in [0.1, 0.15) is 42.2 Å². The highest BCUT2D eigenvalue weighted by Gasteiger charge is 2.39. The van der Waals surface area contributed by atoms with E-state index in [1.54, 1.807) is 7.11 Å². The van der Waals surface area contributed by atoms with Crippen molar-refractivity contribution in [3.63, 3.8) is 0 Å². The van der Waals surface area contributed by atoms with E-state index in [9.17, 15) is 18.4 Å². The summed E-state index contributed by atoms with van der Waals surface area (Å²) in [5.74, 6) is -2.55. The number of ether oxygens (including phenoxy) is 1. The number of amides is 1. The summed E-state index contributed by atoms with van der Waals surface area (Å²) in [6.45, 7) is 0. The number of methoxy groups -OCH3 is 1. The number of ketones is 1. The summed E-state index contributed by atoms with van der Waals surface area (Å²) >= 11 is 0. The first-order valence-corrected chi connectivity index (χ1v) is 9.12. The number of Topliss-reactive ketones (excluding diaryl/α,β-unsaturated/α-hetero) is 1. The average molecular weight is 383 g/mol. The average Bonchev–Trinajstić information content (AvgIpc) is 2.69. The van der Waals surface area contributed by atoms with Crippen LogP contribution in [0.4, 0.5) is 8.78 Å². The smallest absolute Gasteiger partial charge is 0.225 e. The summed E-state index contributed by atoms with van der Waals surface area (Å²) in [4.78, 5) is 25.2. The van der Waals surface area contributed by atoms with E-state index < -0.39 is 17.6 Å². The van der Waals surface area contributed by atoms with E-state index in [4.69, 9.17) is 4.74 Å². The standard InChI is InChI=1S/C22H19F2NO3/c1-28-14-7-5-12(6-8-14)13-9-18-21(19(26)10-13)16(11-20(27)25-18)15-3-2-4-17(23)22(15)24/h2-8,13,16H,9-11H2,1H3,(H,25,27)/t13-,16-/m0/s1. The van der Waals surface area contributed by atoms with Crippen LogP contribution < -0.4 is 10.1 Å². The lowest BCUT2D eigenvalue weighted by Crippen LogP contribution is -2.38. The van der Waals surface area contributed by atoms with Crippen molar-refractivity contribution in [1.82, 2.24) is 5.32 Å². The Hall–Kier alpha value is -3.02. The highest BCUT2D eigenvalue weighted by atomic mass is 19.2. The highest BCUT2D eigenvalue weighted by Crippen LogP contribution is 2.43. The second-order valence-corrected chi connectivity index (χ2v) is 7.14. The predicted molar refractivity (Wildman–Crippen MR) is 98.9 cm³/mol. The van der Waals surface area contributed by atoms with Gasteiger partial charge in [0, 0.05) is 30.0 Å². The van der Waals surface area contributed by atoms with Crippen LogP contribution in [0.5, 0.6) is 5.75 Å². The first-order chi connectivity index (χ1) is 13.5. The molecular weight excluding hydrogens is 364 g/mol. The molecule has 28 heavy (non-hydrogen) atoms. The molecule has 0 bridgehead atoms. The molecule has 2 atom stereocenters. The van der Waals surface area contributed by atoms with E-state index in [2.05, 4.69) is 5.32 Å². The van der Waals surface area contributed by atoms with E-state index >= 15 is 0 Å². The molecule has 0 unspecified atom stereocenters. The van der Waals surface area contributed by atoms with Crippen molar-refractivity contribution in [3.05, 3.63) is 76.5 Å². The number of hydrogen-bond acceptors (Lipinski definition) is 3. The van der Waals surface area contributed by atoms with Gasteiger partial charge in [0.2, 0.25) is 5.91 Å². The van der Waals surface area contributed by atoms with Gasteiger partial charge >= 0.3 is 0 Å². The fourth-order valence-electron chi connectivity index (χ4n) is 4.13. The lowest BCUT2D eigenvalue weighted by Gasteiger charge is -2.34. The van der Waals surface area contributed by atoms with Gasteiger partial charge in [0.25, 0.3) is 0 Å². The molecule has 1 aliphatic heterocycles.